The van der Waals surface area contributed by atoms with E-state index in [0.29, 0.717) is 12.0 Å². The standard InChI is InChI=1S/C19H23N9S2/c1-12-8-16(26-25-12)23-18-17-15(4-7-29-17)22-19(24-18)21-14-2-5-27(6-3-14)30-28-10-13(9-20)11-28/h4,7-8,13-14H,2-3,5-6,10-11H2,1H3,(H3,21,22,23,24,25,26). The first-order chi connectivity index (χ1) is 14.7. The monoisotopic (exact) mass is 441 g/mol. The summed E-state index contributed by atoms with van der Waals surface area (Å²) in [6.45, 7) is 5.74. The van der Waals surface area contributed by atoms with Crippen molar-refractivity contribution < 1.29 is 0 Å². The van der Waals surface area contributed by atoms with Gasteiger partial charge in [0.25, 0.3) is 0 Å². The number of nitriles is 1. The number of H-pyrrole nitrogens is 1. The fraction of sp³-hybridized carbons (Fsp3) is 0.474. The van der Waals surface area contributed by atoms with Crippen LogP contribution in [0.25, 0.3) is 10.2 Å². The number of thiophene rings is 1. The van der Waals surface area contributed by atoms with Gasteiger partial charge in [-0.3, -0.25) is 5.10 Å². The number of aromatic amines is 1. The third-order valence-corrected chi connectivity index (χ3v) is 7.34. The van der Waals surface area contributed by atoms with Gasteiger partial charge >= 0.3 is 0 Å². The number of rotatable bonds is 6. The van der Waals surface area contributed by atoms with Gasteiger partial charge in [0.1, 0.15) is 0 Å². The Morgan fingerprint density at radius 3 is 2.83 bits per heavy atom. The van der Waals surface area contributed by atoms with Crippen molar-refractivity contribution in [2.75, 3.05) is 36.8 Å². The second-order valence-corrected chi connectivity index (χ2v) is 9.81. The smallest absolute Gasteiger partial charge is 0.225 e. The summed E-state index contributed by atoms with van der Waals surface area (Å²) in [5.74, 6) is 2.39. The van der Waals surface area contributed by atoms with Gasteiger partial charge in [-0.05, 0) is 31.2 Å². The molecule has 5 heterocycles. The largest absolute Gasteiger partial charge is 0.351 e. The third-order valence-electron chi connectivity index (χ3n) is 5.30. The van der Waals surface area contributed by atoms with E-state index < -0.39 is 0 Å². The zero-order chi connectivity index (χ0) is 20.5. The minimum absolute atomic E-state index is 0.203. The molecule has 0 bridgehead atoms. The Hall–Kier alpha value is -2.39. The molecular formula is C19H23N9S2. The number of aryl methyl sites for hydroxylation is 1. The second-order valence-electron chi connectivity index (χ2n) is 7.69. The molecular weight excluding hydrogens is 418 g/mol. The van der Waals surface area contributed by atoms with Gasteiger partial charge in [-0.15, -0.1) is 11.3 Å². The number of nitrogens with one attached hydrogen (secondary N) is 3. The highest BCUT2D eigenvalue weighted by atomic mass is 32.2. The quantitative estimate of drug-likeness (QED) is 0.496. The number of fused-ring (bicyclic) bond motifs is 1. The average molecular weight is 442 g/mol. The lowest BCUT2D eigenvalue weighted by Crippen LogP contribution is -2.45. The first-order valence-electron chi connectivity index (χ1n) is 10.0. The summed E-state index contributed by atoms with van der Waals surface area (Å²) in [7, 11) is 0. The number of anilines is 3. The maximum absolute atomic E-state index is 8.91. The van der Waals surface area contributed by atoms with Gasteiger partial charge in [-0.25, -0.2) is 13.6 Å². The maximum atomic E-state index is 8.91. The van der Waals surface area contributed by atoms with Crippen LogP contribution >= 0.6 is 23.5 Å². The summed E-state index contributed by atoms with van der Waals surface area (Å²) < 4.78 is 5.68. The Balaban J connectivity index is 1.21. The average Bonchev–Trinajstić information content (AvgIpc) is 3.34. The summed E-state index contributed by atoms with van der Waals surface area (Å²) in [5.41, 5.74) is 1.93. The molecule has 3 aromatic heterocycles. The highest BCUT2D eigenvalue weighted by molar-refractivity contribution is 7.94. The van der Waals surface area contributed by atoms with Gasteiger partial charge in [0.2, 0.25) is 5.95 Å². The van der Waals surface area contributed by atoms with Crippen LogP contribution < -0.4 is 10.6 Å². The fourth-order valence-corrected chi connectivity index (χ4v) is 5.60. The SMILES string of the molecule is Cc1cc(Nc2nc(NC3CCN(SN4CC(C#N)C4)CC3)nc3ccsc23)n[nH]1. The van der Waals surface area contributed by atoms with Crippen molar-refractivity contribution in [3.63, 3.8) is 0 Å². The van der Waals surface area contributed by atoms with Crippen molar-refractivity contribution in [3.05, 3.63) is 23.2 Å². The van der Waals surface area contributed by atoms with Crippen molar-refractivity contribution in [1.29, 1.82) is 5.26 Å². The maximum Gasteiger partial charge on any atom is 0.225 e. The van der Waals surface area contributed by atoms with E-state index in [2.05, 4.69) is 35.5 Å². The van der Waals surface area contributed by atoms with Crippen molar-refractivity contribution in [2.24, 2.45) is 5.92 Å². The molecule has 0 amide bonds. The van der Waals surface area contributed by atoms with E-state index in [1.54, 1.807) is 23.5 Å². The van der Waals surface area contributed by atoms with Crippen molar-refractivity contribution in [1.82, 2.24) is 28.8 Å². The number of nitrogens with zero attached hydrogens (tertiary/aromatic N) is 6. The molecule has 2 aliphatic heterocycles. The minimum Gasteiger partial charge on any atom is -0.351 e. The second kappa shape index (κ2) is 8.39. The molecule has 0 radical (unpaired) electrons. The van der Waals surface area contributed by atoms with Crippen LogP contribution in [-0.2, 0) is 0 Å². The molecule has 0 atom stereocenters. The van der Waals surface area contributed by atoms with Gasteiger partial charge < -0.3 is 10.6 Å². The van der Waals surface area contributed by atoms with Gasteiger partial charge in [0.05, 0.1) is 22.2 Å². The van der Waals surface area contributed by atoms with Crippen LogP contribution in [0.4, 0.5) is 17.6 Å². The summed E-state index contributed by atoms with van der Waals surface area (Å²) in [6, 6.07) is 6.66. The molecule has 156 valence electrons. The fourth-order valence-electron chi connectivity index (χ4n) is 3.63. The van der Waals surface area contributed by atoms with Crippen molar-refractivity contribution >= 4 is 51.3 Å². The Bertz CT molecular complexity index is 1060. The highest BCUT2D eigenvalue weighted by Gasteiger charge is 2.30. The van der Waals surface area contributed by atoms with Crippen LogP contribution in [0.5, 0.6) is 0 Å². The molecule has 0 aliphatic carbocycles. The van der Waals surface area contributed by atoms with Crippen LogP contribution in [0.2, 0.25) is 0 Å². The molecule has 0 saturated carbocycles. The molecule has 11 heteroatoms. The van der Waals surface area contributed by atoms with E-state index in [-0.39, 0.29) is 5.92 Å². The molecule has 3 aromatic rings. The first kappa shape index (κ1) is 19.6. The van der Waals surface area contributed by atoms with Crippen LogP contribution in [0.3, 0.4) is 0 Å². The van der Waals surface area contributed by atoms with Crippen LogP contribution in [0.15, 0.2) is 17.5 Å². The lowest BCUT2D eigenvalue weighted by atomic mass is 10.1. The van der Waals surface area contributed by atoms with Crippen LogP contribution in [0, 0.1) is 24.2 Å². The van der Waals surface area contributed by atoms with Crippen LogP contribution in [0.1, 0.15) is 18.5 Å². The number of hydrogen-bond acceptors (Lipinski definition) is 10. The molecule has 0 aromatic carbocycles. The molecule has 2 aliphatic rings. The Morgan fingerprint density at radius 1 is 1.27 bits per heavy atom. The van der Waals surface area contributed by atoms with E-state index in [4.69, 9.17) is 15.2 Å². The van der Waals surface area contributed by atoms with Gasteiger partial charge in [-0.2, -0.15) is 15.3 Å². The van der Waals surface area contributed by atoms with Gasteiger partial charge in [-0.1, -0.05) is 0 Å². The topological polar surface area (TPSA) is 109 Å². The predicted octanol–water partition coefficient (Wildman–Crippen LogP) is 3.36. The normalized spacial score (nSPS) is 18.9. The zero-order valence-electron chi connectivity index (χ0n) is 16.6. The summed E-state index contributed by atoms with van der Waals surface area (Å²) in [4.78, 5) is 9.45. The van der Waals surface area contributed by atoms with E-state index >= 15 is 0 Å². The molecule has 5 rings (SSSR count). The molecule has 3 N–H and O–H groups in total. The third kappa shape index (κ3) is 4.22. The number of hydrogen-bond donors (Lipinski definition) is 3. The molecule has 2 fully saturated rings. The molecule has 0 unspecified atom stereocenters. The Morgan fingerprint density at radius 2 is 2.10 bits per heavy atom. The molecule has 30 heavy (non-hydrogen) atoms. The van der Waals surface area contributed by atoms with Gasteiger partial charge in [0, 0.05) is 56.1 Å². The summed E-state index contributed by atoms with van der Waals surface area (Å²) >= 11 is 3.40. The van der Waals surface area contributed by atoms with Crippen molar-refractivity contribution in [3.8, 4) is 6.07 Å². The zero-order valence-corrected chi connectivity index (χ0v) is 18.3. The van der Waals surface area contributed by atoms with E-state index in [9.17, 15) is 0 Å². The number of piperidine rings is 1. The van der Waals surface area contributed by atoms with E-state index in [0.717, 1.165) is 66.6 Å². The lowest BCUT2D eigenvalue weighted by Gasteiger charge is -2.39. The predicted molar refractivity (Wildman–Crippen MR) is 121 cm³/mol. The minimum atomic E-state index is 0.203. The lowest BCUT2D eigenvalue weighted by molar-refractivity contribution is 0.253. The first-order valence-corrected chi connectivity index (χ1v) is 11.7. The Kier molecular flexibility index (Phi) is 5.47. The summed E-state index contributed by atoms with van der Waals surface area (Å²) in [5, 5.41) is 25.0. The Labute approximate surface area is 183 Å². The molecule has 9 nitrogen and oxygen atoms in total. The summed E-state index contributed by atoms with van der Waals surface area (Å²) in [6.07, 6.45) is 2.07. The highest BCUT2D eigenvalue weighted by Crippen LogP contribution is 2.31. The van der Waals surface area contributed by atoms with Crippen molar-refractivity contribution in [2.45, 2.75) is 25.8 Å². The van der Waals surface area contributed by atoms with Crippen LogP contribution in [-0.4, -0.2) is 61.0 Å². The van der Waals surface area contributed by atoms with E-state index in [1.807, 2.05) is 24.4 Å². The molecule has 2 saturated heterocycles. The van der Waals surface area contributed by atoms with E-state index in [1.165, 1.54) is 0 Å². The molecule has 0 spiro atoms. The number of aromatic nitrogens is 4. The van der Waals surface area contributed by atoms with Gasteiger partial charge in [0.15, 0.2) is 11.6 Å².